The van der Waals surface area contributed by atoms with Crippen LogP contribution in [0.4, 0.5) is 0 Å². The molecule has 1 atom stereocenters. The molecule has 0 aliphatic heterocycles. The highest BCUT2D eigenvalue weighted by atomic mass is 127. The summed E-state index contributed by atoms with van der Waals surface area (Å²) in [5, 5.41) is 4.57. The van der Waals surface area contributed by atoms with Gasteiger partial charge in [-0.15, -0.1) is 5.14 Å². The molecule has 0 amide bonds. The molecular formula is H2INOS. The second-order valence-corrected chi connectivity index (χ2v) is 3.35. The van der Waals surface area contributed by atoms with E-state index >= 15 is 0 Å². The minimum atomic E-state index is -1.14. The van der Waals surface area contributed by atoms with Gasteiger partial charge in [-0.25, -0.2) is 0 Å². The minimum Gasteiger partial charge on any atom is -0.590 e. The second kappa shape index (κ2) is 2.25. The van der Waals surface area contributed by atoms with E-state index in [9.17, 15) is 4.55 Å². The van der Waals surface area contributed by atoms with E-state index < -0.39 is 8.53 Å². The molecule has 0 rings (SSSR count). The van der Waals surface area contributed by atoms with Crippen LogP contribution in [0.1, 0.15) is 0 Å². The van der Waals surface area contributed by atoms with Crippen LogP contribution in [-0.4, -0.2) is 4.55 Å². The summed E-state index contributed by atoms with van der Waals surface area (Å²) in [7, 11) is -1.14. The van der Waals surface area contributed by atoms with Gasteiger partial charge in [-0.05, 0) is 0 Å². The van der Waals surface area contributed by atoms with Gasteiger partial charge in [0.25, 0.3) is 21.2 Å². The molecule has 0 spiro atoms. The summed E-state index contributed by atoms with van der Waals surface area (Å²) >= 11 is 1.59. The zero-order valence-corrected chi connectivity index (χ0v) is 4.75. The molecule has 0 aromatic rings. The maximum atomic E-state index is 9.32. The predicted molar refractivity (Wildman–Crippen MR) is 26.3 cm³/mol. The van der Waals surface area contributed by atoms with Crippen molar-refractivity contribution in [2.75, 3.05) is 0 Å². The summed E-state index contributed by atoms with van der Waals surface area (Å²) < 4.78 is 9.32. The van der Waals surface area contributed by atoms with Crippen LogP contribution < -0.4 is 5.14 Å². The fourth-order valence-corrected chi connectivity index (χ4v) is 0. The summed E-state index contributed by atoms with van der Waals surface area (Å²) in [6.07, 6.45) is 0. The van der Waals surface area contributed by atoms with Gasteiger partial charge in [0, 0.05) is 0 Å². The molecule has 26 valence electrons. The first-order valence-corrected chi connectivity index (χ1v) is 4.31. The Balaban J connectivity index is 2.32. The smallest absolute Gasteiger partial charge is 0.273 e. The summed E-state index contributed by atoms with van der Waals surface area (Å²) in [4.78, 5) is 0. The number of hydrogen-bond donors (Lipinski definition) is 1. The first-order chi connectivity index (χ1) is 1.73. The van der Waals surface area contributed by atoms with Crippen molar-refractivity contribution in [3.05, 3.63) is 0 Å². The molecule has 0 fully saturated rings. The molecule has 0 saturated carbocycles. The van der Waals surface area contributed by atoms with Gasteiger partial charge in [-0.2, -0.15) is 0 Å². The standard InChI is InChI=1S/H2INOS/c1-4(2)3/h2H2. The van der Waals surface area contributed by atoms with E-state index in [-0.39, 0.29) is 0 Å². The van der Waals surface area contributed by atoms with Gasteiger partial charge < -0.3 is 4.55 Å². The Labute approximate surface area is 39.7 Å². The van der Waals surface area contributed by atoms with E-state index in [4.69, 9.17) is 0 Å². The van der Waals surface area contributed by atoms with Gasteiger partial charge in [0.15, 0.2) is 0 Å². The van der Waals surface area contributed by atoms with E-state index in [0.717, 1.165) is 0 Å². The molecule has 0 heterocycles. The second-order valence-electron chi connectivity index (χ2n) is 0.248. The van der Waals surface area contributed by atoms with Crippen molar-refractivity contribution in [1.29, 1.82) is 0 Å². The molecule has 0 aromatic carbocycles. The lowest BCUT2D eigenvalue weighted by Crippen LogP contribution is -1.99. The van der Waals surface area contributed by atoms with E-state index in [1.165, 1.54) is 0 Å². The van der Waals surface area contributed by atoms with Gasteiger partial charge in [-0.3, -0.25) is 0 Å². The molecule has 0 radical (unpaired) electrons. The molecule has 0 aliphatic rings. The van der Waals surface area contributed by atoms with Crippen LogP contribution in [0.5, 0.6) is 0 Å². The van der Waals surface area contributed by atoms with Gasteiger partial charge in [0.1, 0.15) is 8.53 Å². The van der Waals surface area contributed by atoms with E-state index in [2.05, 4.69) is 5.14 Å². The molecule has 1 unspecified atom stereocenters. The van der Waals surface area contributed by atoms with Gasteiger partial charge in [-0.1, -0.05) is 0 Å². The summed E-state index contributed by atoms with van der Waals surface area (Å²) in [5.74, 6) is 0. The number of hydrogen-bond acceptors (Lipinski definition) is 2. The summed E-state index contributed by atoms with van der Waals surface area (Å²) in [6.45, 7) is 0. The number of nitrogens with two attached hydrogens (primary N) is 1. The Morgan fingerprint density at radius 2 is 2.00 bits per heavy atom. The minimum absolute atomic E-state index is 1.14. The highest BCUT2D eigenvalue weighted by Crippen LogP contribution is 1.85. The van der Waals surface area contributed by atoms with Crippen LogP contribution >= 0.6 is 21.2 Å². The maximum Gasteiger partial charge on any atom is 0.273 e. The van der Waals surface area contributed by atoms with Crippen LogP contribution in [0.15, 0.2) is 0 Å². The van der Waals surface area contributed by atoms with E-state index in [0.29, 0.717) is 0 Å². The largest absolute Gasteiger partial charge is 0.590 e. The number of halogens is 1. The quantitative estimate of drug-likeness (QED) is 0.431. The van der Waals surface area contributed by atoms with Crippen LogP contribution in [0, 0.1) is 0 Å². The molecule has 0 aliphatic carbocycles. The third kappa shape index (κ3) is 12.0. The molecule has 2 nitrogen and oxygen atoms in total. The van der Waals surface area contributed by atoms with E-state index in [1.807, 2.05) is 0 Å². The predicted octanol–water partition coefficient (Wildman–Crippen LogP) is -0.0412. The third-order valence-corrected chi connectivity index (χ3v) is 0. The zero-order valence-electron chi connectivity index (χ0n) is 1.77. The highest BCUT2D eigenvalue weighted by molar-refractivity contribution is 14.2. The molecule has 4 heavy (non-hydrogen) atoms. The van der Waals surface area contributed by atoms with Crippen LogP contribution in [0.2, 0.25) is 0 Å². The number of rotatable bonds is 0. The topological polar surface area (TPSA) is 49.1 Å². The van der Waals surface area contributed by atoms with Crippen LogP contribution in [-0.2, 0) is 8.53 Å². The molecule has 0 bridgehead atoms. The van der Waals surface area contributed by atoms with Crippen molar-refractivity contribution < 1.29 is 4.55 Å². The zero-order chi connectivity index (χ0) is 3.58. The Morgan fingerprint density at radius 1 is 2.00 bits per heavy atom. The Kier molecular flexibility index (Phi) is 2.81. The lowest BCUT2D eigenvalue weighted by atomic mass is 14.0. The molecule has 2 N–H and O–H groups in total. The SMILES string of the molecule is N[S+]([O-])I. The van der Waals surface area contributed by atoms with Gasteiger partial charge in [0.05, 0.1) is 0 Å². The Hall–Kier alpha value is 1.00. The van der Waals surface area contributed by atoms with Crippen molar-refractivity contribution in [2.45, 2.75) is 0 Å². The molecule has 0 saturated heterocycles. The maximum absolute atomic E-state index is 9.32. The van der Waals surface area contributed by atoms with Gasteiger partial charge in [0.2, 0.25) is 0 Å². The van der Waals surface area contributed by atoms with Crippen molar-refractivity contribution >= 4 is 29.7 Å². The lowest BCUT2D eigenvalue weighted by molar-refractivity contribution is 0.613. The van der Waals surface area contributed by atoms with Crippen molar-refractivity contribution in [3.8, 4) is 0 Å². The van der Waals surface area contributed by atoms with Crippen molar-refractivity contribution in [1.82, 2.24) is 0 Å². The first-order valence-electron chi connectivity index (χ1n) is 0.557. The average molecular weight is 191 g/mol. The highest BCUT2D eigenvalue weighted by Gasteiger charge is 1.74. The fourth-order valence-electron chi connectivity index (χ4n) is 0. The normalized spacial score (nSPS) is 15.8. The first kappa shape index (κ1) is 5.00. The van der Waals surface area contributed by atoms with Crippen LogP contribution in [0.3, 0.4) is 0 Å². The lowest BCUT2D eigenvalue weighted by Gasteiger charge is -1.80. The average Bonchev–Trinajstić information content (AvgIpc) is 0.811. The fraction of sp³-hybridized carbons (Fsp3) is 0. The van der Waals surface area contributed by atoms with Crippen LogP contribution in [0.25, 0.3) is 0 Å². The van der Waals surface area contributed by atoms with E-state index in [1.54, 1.807) is 21.2 Å². The Morgan fingerprint density at radius 3 is 2.00 bits per heavy atom. The van der Waals surface area contributed by atoms with Crippen molar-refractivity contribution in [2.24, 2.45) is 5.14 Å². The summed E-state index contributed by atoms with van der Waals surface area (Å²) in [5.41, 5.74) is 0. The monoisotopic (exact) mass is 191 g/mol. The molecule has 4 heteroatoms. The van der Waals surface area contributed by atoms with Crippen molar-refractivity contribution in [3.63, 3.8) is 0 Å². The Bertz CT molecular complexity index is 12.8. The molecule has 0 aromatic heterocycles. The van der Waals surface area contributed by atoms with Gasteiger partial charge >= 0.3 is 0 Å². The third-order valence-electron chi connectivity index (χ3n) is 0. The molecular weight excluding hydrogens is 189 g/mol. The summed E-state index contributed by atoms with van der Waals surface area (Å²) in [6, 6.07) is 0.